The molecule has 4 nitrogen and oxygen atoms in total. The van der Waals surface area contributed by atoms with Crippen molar-refractivity contribution in [2.75, 3.05) is 24.3 Å². The number of aryl methyl sites for hydroxylation is 1. The van der Waals surface area contributed by atoms with Gasteiger partial charge in [-0.2, -0.15) is 0 Å². The summed E-state index contributed by atoms with van der Waals surface area (Å²) in [6.07, 6.45) is 6.22. The van der Waals surface area contributed by atoms with Crippen LogP contribution in [-0.4, -0.2) is 23.6 Å². The molecular weight excluding hydrogens is 236 g/mol. The Bertz CT molecular complexity index is 499. The summed E-state index contributed by atoms with van der Waals surface area (Å²) < 4.78 is 2.16. The largest absolute Gasteiger partial charge is 0.378 e. The van der Waals surface area contributed by atoms with Gasteiger partial charge in [0.25, 0.3) is 0 Å². The first-order valence-corrected chi connectivity index (χ1v) is 6.76. The lowest BCUT2D eigenvalue weighted by Gasteiger charge is -2.13. The molecule has 102 valence electrons. The monoisotopic (exact) mass is 258 g/mol. The van der Waals surface area contributed by atoms with Crippen LogP contribution in [-0.2, 0) is 6.54 Å². The summed E-state index contributed by atoms with van der Waals surface area (Å²) in [5.41, 5.74) is 2.26. The van der Waals surface area contributed by atoms with Crippen LogP contribution in [0.2, 0.25) is 0 Å². The van der Waals surface area contributed by atoms with Gasteiger partial charge in [0.1, 0.15) is 0 Å². The van der Waals surface area contributed by atoms with Crippen molar-refractivity contribution in [1.82, 2.24) is 9.55 Å². The van der Waals surface area contributed by atoms with Crippen molar-refractivity contribution in [3.63, 3.8) is 0 Å². The van der Waals surface area contributed by atoms with Crippen LogP contribution in [0.3, 0.4) is 0 Å². The molecule has 0 saturated heterocycles. The van der Waals surface area contributed by atoms with Crippen LogP contribution in [0, 0.1) is 0 Å². The summed E-state index contributed by atoms with van der Waals surface area (Å²) in [6.45, 7) is 3.21. The maximum atomic E-state index is 4.36. The molecule has 1 aromatic carbocycles. The molecule has 0 aliphatic rings. The predicted molar refractivity (Wildman–Crippen MR) is 81.2 cm³/mol. The van der Waals surface area contributed by atoms with Crippen LogP contribution in [0.4, 0.5) is 17.3 Å². The molecule has 0 bridgehead atoms. The van der Waals surface area contributed by atoms with Gasteiger partial charge in [-0.3, -0.25) is 0 Å². The van der Waals surface area contributed by atoms with Crippen molar-refractivity contribution >= 4 is 17.3 Å². The fourth-order valence-electron chi connectivity index (χ4n) is 1.91. The summed E-state index contributed by atoms with van der Waals surface area (Å²) in [7, 11) is 4.08. The highest BCUT2D eigenvalue weighted by atomic mass is 15.2. The highest BCUT2D eigenvalue weighted by molar-refractivity contribution is 5.59. The van der Waals surface area contributed by atoms with Crippen LogP contribution in [0.25, 0.3) is 0 Å². The van der Waals surface area contributed by atoms with E-state index in [1.54, 1.807) is 0 Å². The van der Waals surface area contributed by atoms with Gasteiger partial charge in [-0.25, -0.2) is 4.98 Å². The highest BCUT2D eigenvalue weighted by Crippen LogP contribution is 2.19. The predicted octanol–water partition coefficient (Wildman–Crippen LogP) is 3.49. The van der Waals surface area contributed by atoms with E-state index in [1.807, 2.05) is 26.5 Å². The van der Waals surface area contributed by atoms with Gasteiger partial charge in [-0.05, 0) is 30.7 Å². The molecule has 4 heteroatoms. The molecule has 0 spiro atoms. The van der Waals surface area contributed by atoms with Gasteiger partial charge >= 0.3 is 0 Å². The molecule has 0 atom stereocenters. The van der Waals surface area contributed by atoms with E-state index < -0.39 is 0 Å². The zero-order chi connectivity index (χ0) is 13.7. The Balaban J connectivity index is 2.06. The zero-order valence-electron chi connectivity index (χ0n) is 11.9. The molecule has 0 radical (unpaired) electrons. The number of aromatic nitrogens is 2. The fraction of sp³-hybridized carbons (Fsp3) is 0.400. The van der Waals surface area contributed by atoms with Crippen molar-refractivity contribution in [2.24, 2.45) is 0 Å². The third-order valence-corrected chi connectivity index (χ3v) is 3.11. The summed E-state index contributed by atoms with van der Waals surface area (Å²) in [5.74, 6) is 0.908. The van der Waals surface area contributed by atoms with Gasteiger partial charge in [-0.1, -0.05) is 13.3 Å². The fourth-order valence-corrected chi connectivity index (χ4v) is 1.91. The second-order valence-corrected chi connectivity index (χ2v) is 4.86. The molecule has 1 heterocycles. The molecule has 19 heavy (non-hydrogen) atoms. The number of anilines is 3. The normalized spacial score (nSPS) is 10.5. The third-order valence-electron chi connectivity index (χ3n) is 3.11. The molecule has 0 aliphatic heterocycles. The summed E-state index contributed by atoms with van der Waals surface area (Å²) in [5, 5.41) is 3.36. The molecule has 1 N–H and O–H groups in total. The number of hydrogen-bond acceptors (Lipinski definition) is 3. The molecule has 1 aromatic heterocycles. The van der Waals surface area contributed by atoms with E-state index in [0.717, 1.165) is 18.2 Å². The van der Waals surface area contributed by atoms with Crippen molar-refractivity contribution in [2.45, 2.75) is 26.3 Å². The van der Waals surface area contributed by atoms with Crippen LogP contribution in [0.1, 0.15) is 19.8 Å². The average molecular weight is 258 g/mol. The molecule has 2 rings (SSSR count). The average Bonchev–Trinajstić information content (AvgIpc) is 2.84. The van der Waals surface area contributed by atoms with Gasteiger partial charge in [0, 0.05) is 44.4 Å². The van der Waals surface area contributed by atoms with E-state index in [9.17, 15) is 0 Å². The molecule has 2 aromatic rings. The van der Waals surface area contributed by atoms with E-state index in [4.69, 9.17) is 0 Å². The minimum absolute atomic E-state index is 0.908. The van der Waals surface area contributed by atoms with Gasteiger partial charge in [0.15, 0.2) is 0 Å². The number of hydrogen-bond donors (Lipinski definition) is 1. The lowest BCUT2D eigenvalue weighted by atomic mass is 10.2. The second kappa shape index (κ2) is 6.27. The Hall–Kier alpha value is -1.97. The quantitative estimate of drug-likeness (QED) is 0.861. The number of unbranched alkanes of at least 4 members (excludes halogenated alkanes) is 1. The molecule has 0 fully saturated rings. The van der Waals surface area contributed by atoms with Crippen LogP contribution < -0.4 is 10.2 Å². The third kappa shape index (κ3) is 3.50. The summed E-state index contributed by atoms with van der Waals surface area (Å²) >= 11 is 0. The van der Waals surface area contributed by atoms with Gasteiger partial charge in [-0.15, -0.1) is 0 Å². The number of nitrogens with zero attached hydrogens (tertiary/aromatic N) is 3. The second-order valence-electron chi connectivity index (χ2n) is 4.86. The molecule has 0 unspecified atom stereocenters. The number of benzene rings is 1. The molecule has 0 saturated carbocycles. The standard InChI is InChI=1S/C15H22N4/c1-4-5-11-19-12-10-16-15(19)17-13-6-8-14(9-7-13)18(2)3/h6-10,12H,4-5,11H2,1-3H3,(H,16,17). The Labute approximate surface area is 115 Å². The molecule has 0 amide bonds. The highest BCUT2D eigenvalue weighted by Gasteiger charge is 2.03. The first-order valence-electron chi connectivity index (χ1n) is 6.76. The maximum absolute atomic E-state index is 4.36. The van der Waals surface area contributed by atoms with Gasteiger partial charge < -0.3 is 14.8 Å². The number of imidazole rings is 1. The number of rotatable bonds is 6. The minimum atomic E-state index is 0.908. The molecule has 0 aliphatic carbocycles. The summed E-state index contributed by atoms with van der Waals surface area (Å²) in [6, 6.07) is 8.35. The van der Waals surface area contributed by atoms with E-state index in [2.05, 4.69) is 51.0 Å². The minimum Gasteiger partial charge on any atom is -0.378 e. The summed E-state index contributed by atoms with van der Waals surface area (Å²) in [4.78, 5) is 6.45. The maximum Gasteiger partial charge on any atom is 0.207 e. The molecular formula is C15H22N4. The van der Waals surface area contributed by atoms with Crippen LogP contribution >= 0.6 is 0 Å². The van der Waals surface area contributed by atoms with E-state index in [1.165, 1.54) is 18.5 Å². The Morgan fingerprint density at radius 2 is 1.95 bits per heavy atom. The van der Waals surface area contributed by atoms with Crippen molar-refractivity contribution < 1.29 is 0 Å². The SMILES string of the molecule is CCCCn1ccnc1Nc1ccc(N(C)C)cc1. The van der Waals surface area contributed by atoms with Crippen molar-refractivity contribution in [3.8, 4) is 0 Å². The Morgan fingerprint density at radius 3 is 2.58 bits per heavy atom. The Morgan fingerprint density at radius 1 is 1.21 bits per heavy atom. The van der Waals surface area contributed by atoms with E-state index in [-0.39, 0.29) is 0 Å². The Kier molecular flexibility index (Phi) is 4.44. The first-order chi connectivity index (χ1) is 9.20. The van der Waals surface area contributed by atoms with Crippen LogP contribution in [0.15, 0.2) is 36.7 Å². The topological polar surface area (TPSA) is 33.1 Å². The van der Waals surface area contributed by atoms with Crippen molar-refractivity contribution in [1.29, 1.82) is 0 Å². The van der Waals surface area contributed by atoms with E-state index in [0.29, 0.717) is 0 Å². The zero-order valence-corrected chi connectivity index (χ0v) is 11.9. The van der Waals surface area contributed by atoms with E-state index >= 15 is 0 Å². The number of nitrogens with one attached hydrogen (secondary N) is 1. The first kappa shape index (κ1) is 13.5. The van der Waals surface area contributed by atoms with Crippen LogP contribution in [0.5, 0.6) is 0 Å². The smallest absolute Gasteiger partial charge is 0.207 e. The lowest BCUT2D eigenvalue weighted by Crippen LogP contribution is -2.08. The lowest BCUT2D eigenvalue weighted by molar-refractivity contribution is 0.638. The van der Waals surface area contributed by atoms with Crippen molar-refractivity contribution in [3.05, 3.63) is 36.7 Å². The van der Waals surface area contributed by atoms with Gasteiger partial charge in [0.2, 0.25) is 5.95 Å². The van der Waals surface area contributed by atoms with Gasteiger partial charge in [0.05, 0.1) is 0 Å².